The summed E-state index contributed by atoms with van der Waals surface area (Å²) in [5.41, 5.74) is 3.78. The van der Waals surface area contributed by atoms with Gasteiger partial charge in [0.1, 0.15) is 0 Å². The molecule has 4 nitrogen and oxygen atoms in total. The van der Waals surface area contributed by atoms with E-state index in [-0.39, 0.29) is 0 Å². The molecule has 2 aliphatic heterocycles. The van der Waals surface area contributed by atoms with Gasteiger partial charge in [-0.15, -0.1) is 0 Å². The fraction of sp³-hybridized carbons (Fsp3) is 0.368. The van der Waals surface area contributed by atoms with Crippen LogP contribution in [-0.2, 0) is 6.42 Å². The largest absolute Gasteiger partial charge is 0.359 e. The Hall–Kier alpha value is -2.20. The predicted molar refractivity (Wildman–Crippen MR) is 94.7 cm³/mol. The van der Waals surface area contributed by atoms with Crippen LogP contribution >= 0.6 is 0 Å². The predicted octanol–water partition coefficient (Wildman–Crippen LogP) is 2.92. The Kier molecular flexibility index (Phi) is 4.07. The third-order valence-electron chi connectivity index (χ3n) is 4.77. The zero-order chi connectivity index (χ0) is 15.5. The number of rotatable bonds is 4. The second-order valence-corrected chi connectivity index (χ2v) is 6.29. The van der Waals surface area contributed by atoms with Crippen molar-refractivity contribution in [3.05, 3.63) is 54.4 Å². The third kappa shape index (κ3) is 3.13. The summed E-state index contributed by atoms with van der Waals surface area (Å²) in [5, 5.41) is 0. The molecule has 2 aliphatic rings. The molecule has 0 amide bonds. The molecule has 4 rings (SSSR count). The van der Waals surface area contributed by atoms with Crippen LogP contribution in [0, 0.1) is 0 Å². The van der Waals surface area contributed by atoms with Crippen LogP contribution in [0.15, 0.2) is 53.8 Å². The summed E-state index contributed by atoms with van der Waals surface area (Å²) in [6.45, 7) is 4.45. The van der Waals surface area contributed by atoms with Crippen LogP contribution in [0.25, 0.3) is 0 Å². The van der Waals surface area contributed by atoms with Crippen LogP contribution in [0.3, 0.4) is 0 Å². The molecular formula is C19H22N4. The van der Waals surface area contributed by atoms with Gasteiger partial charge in [-0.25, -0.2) is 0 Å². The zero-order valence-electron chi connectivity index (χ0n) is 13.3. The molecule has 3 heterocycles. The summed E-state index contributed by atoms with van der Waals surface area (Å²) in [7, 11) is 0. The summed E-state index contributed by atoms with van der Waals surface area (Å²) >= 11 is 0. The van der Waals surface area contributed by atoms with Crippen molar-refractivity contribution in [2.75, 3.05) is 31.1 Å². The minimum atomic E-state index is 0.416. The van der Waals surface area contributed by atoms with E-state index in [1.54, 1.807) is 0 Å². The van der Waals surface area contributed by atoms with Gasteiger partial charge in [0.25, 0.3) is 0 Å². The number of hydrogen-bond acceptors (Lipinski definition) is 4. The van der Waals surface area contributed by atoms with Crippen molar-refractivity contribution in [2.24, 2.45) is 4.99 Å². The lowest BCUT2D eigenvalue weighted by atomic mass is 10.1. The number of aromatic nitrogens is 1. The third-order valence-corrected chi connectivity index (χ3v) is 4.77. The molecule has 2 aromatic rings. The molecule has 0 radical (unpaired) electrons. The van der Waals surface area contributed by atoms with Gasteiger partial charge in [-0.2, -0.15) is 0 Å². The van der Waals surface area contributed by atoms with Gasteiger partial charge in [0.05, 0.1) is 17.4 Å². The molecule has 1 saturated heterocycles. The summed E-state index contributed by atoms with van der Waals surface area (Å²) in [4.78, 5) is 13.8. The maximum atomic E-state index is 4.64. The number of aliphatic imine (C=N–C) groups is 1. The lowest BCUT2D eigenvalue weighted by Gasteiger charge is -2.43. The first-order chi connectivity index (χ1) is 11.4. The highest BCUT2D eigenvalue weighted by molar-refractivity contribution is 5.84. The van der Waals surface area contributed by atoms with Crippen molar-refractivity contribution in [1.82, 2.24) is 9.88 Å². The van der Waals surface area contributed by atoms with Crippen LogP contribution in [-0.4, -0.2) is 48.3 Å². The standard InChI is InChI=1S/C19H22N4/c1-2-6-19-18(5-1)21-14-17-15-22(12-13-23(17)19)11-3-4-16-7-9-20-10-8-16/h1-2,5-10,14,17H,3-4,11-13,15H2. The van der Waals surface area contributed by atoms with E-state index < -0.39 is 0 Å². The van der Waals surface area contributed by atoms with Gasteiger partial charge in [-0.05, 0) is 49.2 Å². The van der Waals surface area contributed by atoms with Crippen molar-refractivity contribution >= 4 is 17.6 Å². The van der Waals surface area contributed by atoms with Gasteiger partial charge in [0.2, 0.25) is 0 Å². The minimum absolute atomic E-state index is 0.416. The molecule has 0 bridgehead atoms. The molecule has 0 spiro atoms. The van der Waals surface area contributed by atoms with E-state index >= 15 is 0 Å². The second kappa shape index (κ2) is 6.50. The van der Waals surface area contributed by atoms with Gasteiger partial charge in [0.15, 0.2) is 0 Å². The summed E-state index contributed by atoms with van der Waals surface area (Å²) in [6, 6.07) is 13.1. The average Bonchev–Trinajstić information content (AvgIpc) is 2.62. The minimum Gasteiger partial charge on any atom is -0.359 e. The Labute approximate surface area is 137 Å². The molecule has 1 fully saturated rings. The second-order valence-electron chi connectivity index (χ2n) is 6.29. The maximum Gasteiger partial charge on any atom is 0.0860 e. The van der Waals surface area contributed by atoms with Gasteiger partial charge in [0, 0.05) is 38.2 Å². The van der Waals surface area contributed by atoms with Crippen molar-refractivity contribution < 1.29 is 0 Å². The maximum absolute atomic E-state index is 4.64. The van der Waals surface area contributed by atoms with E-state index in [2.05, 4.69) is 62.4 Å². The van der Waals surface area contributed by atoms with Crippen LogP contribution < -0.4 is 4.90 Å². The van der Waals surface area contributed by atoms with Crippen LogP contribution in [0.4, 0.5) is 11.4 Å². The Morgan fingerprint density at radius 2 is 1.91 bits per heavy atom. The van der Waals surface area contributed by atoms with Crippen molar-refractivity contribution in [1.29, 1.82) is 0 Å². The molecule has 1 aromatic carbocycles. The number of aryl methyl sites for hydroxylation is 1. The highest BCUT2D eigenvalue weighted by Gasteiger charge is 2.29. The lowest BCUT2D eigenvalue weighted by Crippen LogP contribution is -2.55. The monoisotopic (exact) mass is 306 g/mol. The number of para-hydroxylation sites is 2. The molecule has 0 N–H and O–H groups in total. The summed E-state index contributed by atoms with van der Waals surface area (Å²) < 4.78 is 0. The number of fused-ring (bicyclic) bond motifs is 3. The summed E-state index contributed by atoms with van der Waals surface area (Å²) in [6.07, 6.45) is 8.21. The van der Waals surface area contributed by atoms with Crippen molar-refractivity contribution in [2.45, 2.75) is 18.9 Å². The topological polar surface area (TPSA) is 31.7 Å². The smallest absolute Gasteiger partial charge is 0.0860 e. The number of hydrogen-bond donors (Lipinski definition) is 0. The van der Waals surface area contributed by atoms with Crippen LogP contribution in [0.1, 0.15) is 12.0 Å². The zero-order valence-corrected chi connectivity index (χ0v) is 13.3. The van der Waals surface area contributed by atoms with E-state index in [1.807, 2.05) is 12.4 Å². The Morgan fingerprint density at radius 3 is 2.83 bits per heavy atom. The van der Waals surface area contributed by atoms with Crippen molar-refractivity contribution in [3.63, 3.8) is 0 Å². The van der Waals surface area contributed by atoms with Gasteiger partial charge in [-0.3, -0.25) is 14.9 Å². The first-order valence-corrected chi connectivity index (χ1v) is 8.41. The first-order valence-electron chi connectivity index (χ1n) is 8.41. The molecular weight excluding hydrogens is 284 g/mol. The van der Waals surface area contributed by atoms with E-state index in [9.17, 15) is 0 Å². The molecule has 1 atom stereocenters. The molecule has 0 aliphatic carbocycles. The normalized spacial score (nSPS) is 20.2. The fourth-order valence-corrected chi connectivity index (χ4v) is 3.54. The Balaban J connectivity index is 1.34. The number of benzene rings is 1. The van der Waals surface area contributed by atoms with Gasteiger partial charge < -0.3 is 4.90 Å². The van der Waals surface area contributed by atoms with E-state index in [0.717, 1.165) is 38.3 Å². The summed E-state index contributed by atoms with van der Waals surface area (Å²) in [5.74, 6) is 0. The highest BCUT2D eigenvalue weighted by atomic mass is 15.3. The van der Waals surface area contributed by atoms with Crippen LogP contribution in [0.5, 0.6) is 0 Å². The molecule has 4 heteroatoms. The van der Waals surface area contributed by atoms with Crippen LogP contribution in [0.2, 0.25) is 0 Å². The lowest BCUT2D eigenvalue weighted by molar-refractivity contribution is 0.241. The number of anilines is 1. The highest BCUT2D eigenvalue weighted by Crippen LogP contribution is 2.33. The molecule has 1 aromatic heterocycles. The Bertz CT molecular complexity index is 683. The number of pyridine rings is 1. The fourth-order valence-electron chi connectivity index (χ4n) is 3.54. The quantitative estimate of drug-likeness (QED) is 0.870. The average molecular weight is 306 g/mol. The SMILES string of the molecule is C1=Nc2ccccc2N2CCN(CCCc3ccncc3)CC12. The molecule has 1 unspecified atom stereocenters. The van der Waals surface area contributed by atoms with E-state index in [4.69, 9.17) is 0 Å². The molecule has 0 saturated carbocycles. The number of nitrogens with zero attached hydrogens (tertiary/aromatic N) is 4. The van der Waals surface area contributed by atoms with Gasteiger partial charge >= 0.3 is 0 Å². The number of piperazine rings is 1. The van der Waals surface area contributed by atoms with Gasteiger partial charge in [-0.1, -0.05) is 12.1 Å². The molecule has 23 heavy (non-hydrogen) atoms. The van der Waals surface area contributed by atoms with E-state index in [1.165, 1.54) is 17.7 Å². The molecule has 118 valence electrons. The Morgan fingerprint density at radius 1 is 1.04 bits per heavy atom. The first kappa shape index (κ1) is 14.4. The van der Waals surface area contributed by atoms with E-state index in [0.29, 0.717) is 6.04 Å². The van der Waals surface area contributed by atoms with Crippen molar-refractivity contribution in [3.8, 4) is 0 Å².